The molecule has 0 saturated heterocycles. The molecule has 0 heterocycles. The number of hydrogen-bond acceptors (Lipinski definition) is 3. The molecule has 0 aromatic heterocycles. The van der Waals surface area contributed by atoms with E-state index < -0.39 is 0 Å². The van der Waals surface area contributed by atoms with Gasteiger partial charge in [0.05, 0.1) is 6.61 Å². The van der Waals surface area contributed by atoms with Gasteiger partial charge in [0.25, 0.3) is 0 Å². The fraction of sp³-hybridized carbons (Fsp3) is 0.500. The van der Waals surface area contributed by atoms with Crippen LogP contribution in [0.1, 0.15) is 25.3 Å². The third-order valence-electron chi connectivity index (χ3n) is 2.57. The van der Waals surface area contributed by atoms with Crippen molar-refractivity contribution in [2.45, 2.75) is 26.3 Å². The van der Waals surface area contributed by atoms with Gasteiger partial charge in [0.1, 0.15) is 5.75 Å². The first-order valence-corrected chi connectivity index (χ1v) is 6.39. The highest BCUT2D eigenvalue weighted by Crippen LogP contribution is 2.12. The fourth-order valence-electron chi connectivity index (χ4n) is 1.64. The summed E-state index contributed by atoms with van der Waals surface area (Å²) in [6.45, 7) is 4.30. The van der Waals surface area contributed by atoms with Crippen molar-refractivity contribution in [3.8, 4) is 5.75 Å². The van der Waals surface area contributed by atoms with E-state index in [1.54, 1.807) is 7.05 Å². The minimum Gasteiger partial charge on any atom is -0.494 e. The summed E-state index contributed by atoms with van der Waals surface area (Å²) in [5, 5.41) is 5.93. The van der Waals surface area contributed by atoms with Crippen LogP contribution in [0.3, 0.4) is 0 Å². The van der Waals surface area contributed by atoms with Gasteiger partial charge in [-0.2, -0.15) is 0 Å². The van der Waals surface area contributed by atoms with E-state index in [4.69, 9.17) is 4.74 Å². The summed E-state index contributed by atoms with van der Waals surface area (Å²) in [4.78, 5) is 11.0. The number of amides is 1. The molecule has 0 atom stereocenters. The molecule has 0 radical (unpaired) electrons. The van der Waals surface area contributed by atoms with E-state index in [-0.39, 0.29) is 5.91 Å². The second kappa shape index (κ2) is 8.53. The summed E-state index contributed by atoms with van der Waals surface area (Å²) >= 11 is 0. The van der Waals surface area contributed by atoms with Crippen LogP contribution in [-0.4, -0.2) is 26.1 Å². The fourth-order valence-corrected chi connectivity index (χ4v) is 1.64. The lowest BCUT2D eigenvalue weighted by molar-refractivity contribution is -0.120. The molecular weight excluding hydrogens is 228 g/mol. The van der Waals surface area contributed by atoms with Gasteiger partial charge in [-0.15, -0.1) is 0 Å². The molecule has 0 bridgehead atoms. The standard InChI is InChI=1S/C14H22N2O2/c1-3-18-13-7-4-6-12(10-13)11-16-9-5-8-14(17)15-2/h4,6-7,10,16H,3,5,8-9,11H2,1-2H3,(H,15,17). The quantitative estimate of drug-likeness (QED) is 0.690. The van der Waals surface area contributed by atoms with Crippen LogP contribution in [0.4, 0.5) is 0 Å². The van der Waals surface area contributed by atoms with E-state index >= 15 is 0 Å². The van der Waals surface area contributed by atoms with Crippen molar-refractivity contribution in [1.82, 2.24) is 10.6 Å². The molecule has 0 unspecified atom stereocenters. The van der Waals surface area contributed by atoms with Crippen molar-refractivity contribution in [2.75, 3.05) is 20.2 Å². The molecule has 1 aromatic rings. The molecule has 0 aliphatic rings. The molecule has 18 heavy (non-hydrogen) atoms. The van der Waals surface area contributed by atoms with Crippen molar-refractivity contribution in [1.29, 1.82) is 0 Å². The first-order valence-electron chi connectivity index (χ1n) is 6.39. The Morgan fingerprint density at radius 1 is 1.39 bits per heavy atom. The SMILES string of the molecule is CCOc1cccc(CNCCCC(=O)NC)c1. The zero-order valence-corrected chi connectivity index (χ0v) is 11.2. The van der Waals surface area contributed by atoms with Crippen LogP contribution in [0.15, 0.2) is 24.3 Å². The van der Waals surface area contributed by atoms with Gasteiger partial charge in [0.15, 0.2) is 0 Å². The van der Waals surface area contributed by atoms with Gasteiger partial charge in [0.2, 0.25) is 5.91 Å². The zero-order chi connectivity index (χ0) is 13.2. The van der Waals surface area contributed by atoms with E-state index in [2.05, 4.69) is 16.7 Å². The molecule has 4 nitrogen and oxygen atoms in total. The lowest BCUT2D eigenvalue weighted by atomic mass is 10.2. The highest BCUT2D eigenvalue weighted by molar-refractivity contribution is 5.75. The lowest BCUT2D eigenvalue weighted by Gasteiger charge is -2.07. The largest absolute Gasteiger partial charge is 0.494 e. The molecule has 100 valence electrons. The average Bonchev–Trinajstić information content (AvgIpc) is 2.39. The van der Waals surface area contributed by atoms with E-state index in [1.807, 2.05) is 25.1 Å². The zero-order valence-electron chi connectivity index (χ0n) is 11.2. The van der Waals surface area contributed by atoms with Gasteiger partial charge in [-0.25, -0.2) is 0 Å². The maximum absolute atomic E-state index is 11.0. The summed E-state index contributed by atoms with van der Waals surface area (Å²) in [7, 11) is 1.66. The first-order chi connectivity index (χ1) is 8.76. The van der Waals surface area contributed by atoms with Crippen LogP contribution in [-0.2, 0) is 11.3 Å². The van der Waals surface area contributed by atoms with Crippen molar-refractivity contribution in [3.63, 3.8) is 0 Å². The average molecular weight is 250 g/mol. The van der Waals surface area contributed by atoms with Crippen molar-refractivity contribution < 1.29 is 9.53 Å². The van der Waals surface area contributed by atoms with Crippen molar-refractivity contribution >= 4 is 5.91 Å². The van der Waals surface area contributed by atoms with Gasteiger partial charge >= 0.3 is 0 Å². The highest BCUT2D eigenvalue weighted by atomic mass is 16.5. The Bertz CT molecular complexity index is 367. The Morgan fingerprint density at radius 2 is 2.22 bits per heavy atom. The highest BCUT2D eigenvalue weighted by Gasteiger charge is 1.98. The molecular formula is C14H22N2O2. The molecule has 1 rings (SSSR count). The summed E-state index contributed by atoms with van der Waals surface area (Å²) < 4.78 is 5.44. The summed E-state index contributed by atoms with van der Waals surface area (Å²) in [5.41, 5.74) is 1.20. The molecule has 1 amide bonds. The van der Waals surface area contributed by atoms with Gasteiger partial charge in [-0.3, -0.25) is 4.79 Å². The maximum Gasteiger partial charge on any atom is 0.219 e. The lowest BCUT2D eigenvalue weighted by Crippen LogP contribution is -2.20. The van der Waals surface area contributed by atoms with E-state index in [9.17, 15) is 4.79 Å². The minimum absolute atomic E-state index is 0.0927. The number of carbonyl (C=O) groups is 1. The van der Waals surface area contributed by atoms with Gasteiger partial charge in [-0.1, -0.05) is 12.1 Å². The topological polar surface area (TPSA) is 50.4 Å². The predicted molar refractivity (Wildman–Crippen MR) is 72.6 cm³/mol. The molecule has 0 saturated carbocycles. The summed E-state index contributed by atoms with van der Waals surface area (Å²) in [6.07, 6.45) is 1.42. The van der Waals surface area contributed by atoms with E-state index in [0.717, 1.165) is 25.3 Å². The molecule has 0 aliphatic heterocycles. The number of ether oxygens (including phenoxy) is 1. The number of nitrogens with one attached hydrogen (secondary N) is 2. The van der Waals surface area contributed by atoms with Gasteiger partial charge in [0, 0.05) is 20.0 Å². The molecule has 4 heteroatoms. The van der Waals surface area contributed by atoms with Crippen molar-refractivity contribution in [3.05, 3.63) is 29.8 Å². The van der Waals surface area contributed by atoms with Gasteiger partial charge in [-0.05, 0) is 37.6 Å². The van der Waals surface area contributed by atoms with Gasteiger partial charge < -0.3 is 15.4 Å². The number of rotatable bonds is 8. The Balaban J connectivity index is 2.22. The number of carbonyl (C=O) groups excluding carboxylic acids is 1. The number of hydrogen-bond donors (Lipinski definition) is 2. The van der Waals surface area contributed by atoms with Crippen LogP contribution >= 0.6 is 0 Å². The van der Waals surface area contributed by atoms with Crippen LogP contribution in [0.25, 0.3) is 0 Å². The molecule has 2 N–H and O–H groups in total. The Kier molecular flexibility index (Phi) is 6.87. The third-order valence-corrected chi connectivity index (χ3v) is 2.57. The van der Waals surface area contributed by atoms with E-state index in [0.29, 0.717) is 13.0 Å². The Labute approximate surface area is 109 Å². The summed E-state index contributed by atoms with van der Waals surface area (Å²) in [6, 6.07) is 8.05. The van der Waals surface area contributed by atoms with Crippen LogP contribution in [0.2, 0.25) is 0 Å². The van der Waals surface area contributed by atoms with Crippen LogP contribution < -0.4 is 15.4 Å². The second-order valence-corrected chi connectivity index (χ2v) is 4.03. The normalized spacial score (nSPS) is 10.1. The maximum atomic E-state index is 11.0. The van der Waals surface area contributed by atoms with Crippen LogP contribution in [0, 0.1) is 0 Å². The number of benzene rings is 1. The molecule has 0 aliphatic carbocycles. The predicted octanol–water partition coefficient (Wildman–Crippen LogP) is 1.70. The Hall–Kier alpha value is -1.55. The molecule has 0 spiro atoms. The minimum atomic E-state index is 0.0927. The van der Waals surface area contributed by atoms with Crippen molar-refractivity contribution in [2.24, 2.45) is 0 Å². The molecule has 0 fully saturated rings. The van der Waals surface area contributed by atoms with Crippen LogP contribution in [0.5, 0.6) is 5.75 Å². The summed E-state index contributed by atoms with van der Waals surface area (Å²) in [5.74, 6) is 0.998. The second-order valence-electron chi connectivity index (χ2n) is 4.03. The first kappa shape index (κ1) is 14.5. The third kappa shape index (κ3) is 5.68. The molecule has 1 aromatic carbocycles. The Morgan fingerprint density at radius 3 is 2.94 bits per heavy atom. The van der Waals surface area contributed by atoms with E-state index in [1.165, 1.54) is 5.56 Å². The monoisotopic (exact) mass is 250 g/mol. The smallest absolute Gasteiger partial charge is 0.219 e.